The number of hydrogen-bond acceptors (Lipinski definition) is 4. The monoisotopic (exact) mass is 316 g/mol. The average Bonchev–Trinajstić information content (AvgIpc) is 3.05. The molecule has 116 valence electrons. The molecule has 1 amide bonds. The van der Waals surface area contributed by atoms with Crippen LogP contribution in [0.1, 0.15) is 36.0 Å². The quantitative estimate of drug-likeness (QED) is 0.648. The van der Waals surface area contributed by atoms with Gasteiger partial charge in [-0.1, -0.05) is 19.9 Å². The predicted molar refractivity (Wildman–Crippen MR) is 90.8 cm³/mol. The highest BCUT2D eigenvalue weighted by atomic mass is 32.1. The molecule has 4 nitrogen and oxygen atoms in total. The van der Waals surface area contributed by atoms with Crippen LogP contribution in [0.4, 0.5) is 0 Å². The number of carbonyl (C=O) groups is 1. The second-order valence-corrected chi connectivity index (χ2v) is 6.29. The molecule has 0 saturated heterocycles. The van der Waals surface area contributed by atoms with Crippen LogP contribution in [0.5, 0.6) is 5.75 Å². The molecule has 0 bridgehead atoms. The van der Waals surface area contributed by atoms with Gasteiger partial charge < -0.3 is 4.74 Å². The topological polar surface area (TPSA) is 50.7 Å². The lowest BCUT2D eigenvalue weighted by atomic mass is 10.1. The zero-order chi connectivity index (χ0) is 15.9. The lowest BCUT2D eigenvalue weighted by Crippen LogP contribution is -2.18. The van der Waals surface area contributed by atoms with E-state index < -0.39 is 0 Å². The van der Waals surface area contributed by atoms with Crippen molar-refractivity contribution in [3.05, 3.63) is 52.2 Å². The van der Waals surface area contributed by atoms with Crippen molar-refractivity contribution in [2.45, 2.75) is 20.8 Å². The first-order valence-corrected chi connectivity index (χ1v) is 8.05. The van der Waals surface area contributed by atoms with E-state index in [9.17, 15) is 4.79 Å². The number of benzene rings is 1. The Morgan fingerprint density at radius 3 is 2.59 bits per heavy atom. The summed E-state index contributed by atoms with van der Waals surface area (Å²) in [6.45, 7) is 6.78. The average molecular weight is 316 g/mol. The number of ether oxygens (including phenoxy) is 1. The summed E-state index contributed by atoms with van der Waals surface area (Å²) in [7, 11) is 0. The van der Waals surface area contributed by atoms with Crippen molar-refractivity contribution in [2.75, 3.05) is 6.61 Å². The maximum Gasteiger partial charge on any atom is 0.281 e. The van der Waals surface area contributed by atoms with Crippen LogP contribution in [-0.4, -0.2) is 18.2 Å². The van der Waals surface area contributed by atoms with Gasteiger partial charge in [0.05, 0.1) is 17.2 Å². The van der Waals surface area contributed by atoms with E-state index in [0.717, 1.165) is 17.0 Å². The zero-order valence-corrected chi connectivity index (χ0v) is 13.8. The van der Waals surface area contributed by atoms with Crippen molar-refractivity contribution in [3.8, 4) is 5.75 Å². The van der Waals surface area contributed by atoms with Crippen molar-refractivity contribution in [3.63, 3.8) is 0 Å². The molecule has 0 aliphatic heterocycles. The van der Waals surface area contributed by atoms with Gasteiger partial charge in [-0.25, -0.2) is 5.43 Å². The third-order valence-electron chi connectivity index (χ3n) is 2.93. The first kappa shape index (κ1) is 16.2. The third kappa shape index (κ3) is 4.70. The van der Waals surface area contributed by atoms with E-state index in [1.54, 1.807) is 6.07 Å². The molecule has 0 spiro atoms. The molecule has 2 aromatic rings. The summed E-state index contributed by atoms with van der Waals surface area (Å²) in [5, 5.41) is 6.00. The molecule has 2 rings (SSSR count). The van der Waals surface area contributed by atoms with Crippen LogP contribution in [0.3, 0.4) is 0 Å². The molecule has 0 fully saturated rings. The minimum absolute atomic E-state index is 0.189. The van der Waals surface area contributed by atoms with E-state index in [2.05, 4.69) is 24.4 Å². The molecule has 0 saturated carbocycles. The maximum atomic E-state index is 11.8. The second kappa shape index (κ2) is 7.75. The molecular weight excluding hydrogens is 296 g/mol. The van der Waals surface area contributed by atoms with Crippen LogP contribution in [0, 0.1) is 5.92 Å². The van der Waals surface area contributed by atoms with E-state index in [-0.39, 0.29) is 5.91 Å². The Bertz CT molecular complexity index is 631. The summed E-state index contributed by atoms with van der Waals surface area (Å²) in [5.41, 5.74) is 4.26. The summed E-state index contributed by atoms with van der Waals surface area (Å²) in [6.07, 6.45) is 0. The summed E-state index contributed by atoms with van der Waals surface area (Å²) >= 11 is 1.39. The van der Waals surface area contributed by atoms with E-state index in [1.807, 2.05) is 42.6 Å². The fourth-order valence-electron chi connectivity index (χ4n) is 1.72. The van der Waals surface area contributed by atoms with Crippen molar-refractivity contribution >= 4 is 23.0 Å². The molecule has 1 heterocycles. The molecule has 1 aromatic heterocycles. The number of nitrogens with zero attached hydrogens (tertiary/aromatic N) is 1. The predicted octanol–water partition coefficient (Wildman–Crippen LogP) is 3.94. The zero-order valence-electron chi connectivity index (χ0n) is 13.0. The summed E-state index contributed by atoms with van der Waals surface area (Å²) < 4.78 is 5.64. The Labute approximate surface area is 134 Å². The maximum absolute atomic E-state index is 11.8. The highest BCUT2D eigenvalue weighted by molar-refractivity contribution is 7.12. The first-order valence-electron chi connectivity index (χ1n) is 7.17. The highest BCUT2D eigenvalue weighted by Gasteiger charge is 2.05. The summed E-state index contributed by atoms with van der Waals surface area (Å²) in [5.74, 6) is 1.15. The van der Waals surface area contributed by atoms with Crippen LogP contribution in [0.2, 0.25) is 0 Å². The Morgan fingerprint density at radius 1 is 1.27 bits per heavy atom. The van der Waals surface area contributed by atoms with Crippen molar-refractivity contribution in [1.82, 2.24) is 5.43 Å². The van der Waals surface area contributed by atoms with Crippen LogP contribution in [0.15, 0.2) is 46.9 Å². The Balaban J connectivity index is 1.95. The van der Waals surface area contributed by atoms with Gasteiger partial charge in [-0.2, -0.15) is 5.10 Å². The number of hydrogen-bond donors (Lipinski definition) is 1. The molecule has 0 aliphatic rings. The molecule has 0 aliphatic carbocycles. The number of carbonyl (C=O) groups excluding carboxylic acids is 1. The molecule has 0 atom stereocenters. The van der Waals surface area contributed by atoms with Gasteiger partial charge in [0.1, 0.15) is 5.75 Å². The summed E-state index contributed by atoms with van der Waals surface area (Å²) in [4.78, 5) is 12.5. The molecule has 1 aromatic carbocycles. The third-order valence-corrected chi connectivity index (χ3v) is 3.79. The molecule has 5 heteroatoms. The largest absolute Gasteiger partial charge is 0.493 e. The van der Waals surface area contributed by atoms with Crippen LogP contribution in [-0.2, 0) is 0 Å². The van der Waals surface area contributed by atoms with Crippen molar-refractivity contribution < 1.29 is 9.53 Å². The smallest absolute Gasteiger partial charge is 0.281 e. The fraction of sp³-hybridized carbons (Fsp3) is 0.294. The standard InChI is InChI=1S/C17H20N2O2S/c1-12(2)11-21-15-8-6-14(7-9-15)13(3)18-19-17(20)16-5-4-10-22-16/h4-10,12H,11H2,1-3H3,(H,19,20)/b18-13-. The number of hydrazone groups is 1. The molecular formula is C17H20N2O2S. The lowest BCUT2D eigenvalue weighted by Gasteiger charge is -2.09. The minimum atomic E-state index is -0.189. The normalized spacial score (nSPS) is 11.5. The van der Waals surface area contributed by atoms with E-state index in [1.165, 1.54) is 11.3 Å². The van der Waals surface area contributed by atoms with Gasteiger partial charge in [0, 0.05) is 0 Å². The fourth-order valence-corrected chi connectivity index (χ4v) is 2.33. The Morgan fingerprint density at radius 2 is 2.00 bits per heavy atom. The van der Waals surface area contributed by atoms with Gasteiger partial charge in [0.15, 0.2) is 0 Å². The molecule has 0 unspecified atom stereocenters. The van der Waals surface area contributed by atoms with Gasteiger partial charge in [-0.15, -0.1) is 11.3 Å². The van der Waals surface area contributed by atoms with Crippen LogP contribution >= 0.6 is 11.3 Å². The van der Waals surface area contributed by atoms with Gasteiger partial charge in [0.25, 0.3) is 5.91 Å². The Kier molecular flexibility index (Phi) is 5.72. The number of thiophene rings is 1. The van der Waals surface area contributed by atoms with E-state index >= 15 is 0 Å². The van der Waals surface area contributed by atoms with Gasteiger partial charge >= 0.3 is 0 Å². The van der Waals surface area contributed by atoms with Crippen LogP contribution < -0.4 is 10.2 Å². The van der Waals surface area contributed by atoms with Crippen molar-refractivity contribution in [2.24, 2.45) is 11.0 Å². The molecule has 22 heavy (non-hydrogen) atoms. The molecule has 1 N–H and O–H groups in total. The number of rotatable bonds is 6. The van der Waals surface area contributed by atoms with Crippen LogP contribution in [0.25, 0.3) is 0 Å². The lowest BCUT2D eigenvalue weighted by molar-refractivity contribution is 0.0959. The minimum Gasteiger partial charge on any atom is -0.493 e. The SMILES string of the molecule is C/C(=N/NC(=O)c1cccs1)c1ccc(OCC(C)C)cc1. The van der Waals surface area contributed by atoms with Gasteiger partial charge in [-0.3, -0.25) is 4.79 Å². The van der Waals surface area contributed by atoms with Gasteiger partial charge in [0.2, 0.25) is 0 Å². The number of nitrogens with one attached hydrogen (secondary N) is 1. The Hall–Kier alpha value is -2.14. The highest BCUT2D eigenvalue weighted by Crippen LogP contribution is 2.14. The second-order valence-electron chi connectivity index (χ2n) is 5.34. The molecule has 0 radical (unpaired) electrons. The number of amides is 1. The first-order chi connectivity index (χ1) is 10.6. The van der Waals surface area contributed by atoms with Gasteiger partial charge in [-0.05, 0) is 54.1 Å². The van der Waals surface area contributed by atoms with E-state index in [4.69, 9.17) is 4.74 Å². The van der Waals surface area contributed by atoms with E-state index in [0.29, 0.717) is 17.4 Å². The van der Waals surface area contributed by atoms with Crippen molar-refractivity contribution in [1.29, 1.82) is 0 Å². The summed E-state index contributed by atoms with van der Waals surface area (Å²) in [6, 6.07) is 11.3.